The van der Waals surface area contributed by atoms with Gasteiger partial charge in [-0.2, -0.15) is 0 Å². The van der Waals surface area contributed by atoms with Crippen molar-refractivity contribution in [1.82, 2.24) is 10.3 Å². The van der Waals surface area contributed by atoms with Crippen molar-refractivity contribution < 1.29 is 0 Å². The molecule has 2 heterocycles. The van der Waals surface area contributed by atoms with Gasteiger partial charge >= 0.3 is 0 Å². The van der Waals surface area contributed by atoms with Crippen LogP contribution in [0.2, 0.25) is 0 Å². The molecule has 1 aliphatic rings. The van der Waals surface area contributed by atoms with Gasteiger partial charge in [-0.15, -0.1) is 0 Å². The SMILES string of the molecule is Cc1cc(CNC(C)C)cc(N2CCCC(C)C2C)n1. The van der Waals surface area contributed by atoms with E-state index in [-0.39, 0.29) is 0 Å². The number of hydrogen-bond donors (Lipinski definition) is 1. The lowest BCUT2D eigenvalue weighted by Gasteiger charge is -2.39. The highest BCUT2D eigenvalue weighted by molar-refractivity contribution is 5.44. The molecule has 0 saturated carbocycles. The summed E-state index contributed by atoms with van der Waals surface area (Å²) in [6.45, 7) is 13.2. The fourth-order valence-corrected chi connectivity index (χ4v) is 2.95. The number of hydrogen-bond acceptors (Lipinski definition) is 3. The number of rotatable bonds is 4. The second-order valence-electron chi connectivity index (χ2n) is 6.56. The zero-order chi connectivity index (χ0) is 14.7. The quantitative estimate of drug-likeness (QED) is 0.911. The van der Waals surface area contributed by atoms with Crippen LogP contribution in [0.3, 0.4) is 0 Å². The summed E-state index contributed by atoms with van der Waals surface area (Å²) in [5.41, 5.74) is 2.46. The van der Waals surface area contributed by atoms with E-state index in [0.29, 0.717) is 12.1 Å². The Morgan fingerprint density at radius 3 is 2.80 bits per heavy atom. The summed E-state index contributed by atoms with van der Waals surface area (Å²) in [5, 5.41) is 3.49. The van der Waals surface area contributed by atoms with E-state index >= 15 is 0 Å². The van der Waals surface area contributed by atoms with Crippen molar-refractivity contribution in [1.29, 1.82) is 0 Å². The van der Waals surface area contributed by atoms with Gasteiger partial charge in [-0.1, -0.05) is 20.8 Å². The normalized spacial score (nSPS) is 23.4. The lowest BCUT2D eigenvalue weighted by molar-refractivity contribution is 0.361. The Bertz CT molecular complexity index is 442. The summed E-state index contributed by atoms with van der Waals surface area (Å²) < 4.78 is 0. The Balaban J connectivity index is 2.18. The van der Waals surface area contributed by atoms with Gasteiger partial charge in [-0.3, -0.25) is 0 Å². The molecule has 2 rings (SSSR count). The molecular weight excluding hydrogens is 246 g/mol. The molecule has 112 valence electrons. The zero-order valence-corrected chi connectivity index (χ0v) is 13.6. The molecule has 0 aromatic carbocycles. The lowest BCUT2D eigenvalue weighted by Crippen LogP contribution is -2.43. The number of piperidine rings is 1. The molecule has 3 heteroatoms. The summed E-state index contributed by atoms with van der Waals surface area (Å²) in [4.78, 5) is 7.25. The number of aromatic nitrogens is 1. The molecule has 1 aliphatic heterocycles. The van der Waals surface area contributed by atoms with Crippen LogP contribution in [0.5, 0.6) is 0 Å². The zero-order valence-electron chi connectivity index (χ0n) is 13.6. The summed E-state index contributed by atoms with van der Waals surface area (Å²) in [6, 6.07) is 5.55. The number of nitrogens with zero attached hydrogens (tertiary/aromatic N) is 2. The molecule has 2 atom stereocenters. The van der Waals surface area contributed by atoms with Crippen LogP contribution in [-0.2, 0) is 6.54 Å². The molecule has 0 bridgehead atoms. The van der Waals surface area contributed by atoms with E-state index in [4.69, 9.17) is 4.98 Å². The van der Waals surface area contributed by atoms with E-state index in [1.54, 1.807) is 0 Å². The van der Waals surface area contributed by atoms with Crippen LogP contribution in [0.15, 0.2) is 12.1 Å². The van der Waals surface area contributed by atoms with Crippen molar-refractivity contribution in [3.8, 4) is 0 Å². The molecule has 20 heavy (non-hydrogen) atoms. The van der Waals surface area contributed by atoms with Crippen molar-refractivity contribution >= 4 is 5.82 Å². The lowest BCUT2D eigenvalue weighted by atomic mass is 9.92. The average molecular weight is 275 g/mol. The first kappa shape index (κ1) is 15.3. The van der Waals surface area contributed by atoms with Crippen LogP contribution < -0.4 is 10.2 Å². The molecule has 1 aromatic heterocycles. The van der Waals surface area contributed by atoms with Crippen molar-refractivity contribution in [2.45, 2.75) is 66.1 Å². The number of aryl methyl sites for hydroxylation is 1. The van der Waals surface area contributed by atoms with E-state index in [2.05, 4.69) is 57.0 Å². The maximum absolute atomic E-state index is 4.77. The molecule has 0 aliphatic carbocycles. The third-order valence-electron chi connectivity index (χ3n) is 4.38. The minimum atomic E-state index is 0.515. The molecule has 2 unspecified atom stereocenters. The number of anilines is 1. The Morgan fingerprint density at radius 2 is 2.10 bits per heavy atom. The van der Waals surface area contributed by atoms with Crippen LogP contribution in [0.1, 0.15) is 51.8 Å². The average Bonchev–Trinajstić information content (AvgIpc) is 2.39. The van der Waals surface area contributed by atoms with Gasteiger partial charge in [-0.05, 0) is 50.3 Å². The van der Waals surface area contributed by atoms with Crippen LogP contribution >= 0.6 is 0 Å². The predicted molar refractivity (Wildman–Crippen MR) is 86.2 cm³/mol. The van der Waals surface area contributed by atoms with Gasteiger partial charge in [0, 0.05) is 30.9 Å². The molecule has 3 nitrogen and oxygen atoms in total. The van der Waals surface area contributed by atoms with Gasteiger partial charge in [-0.25, -0.2) is 4.98 Å². The van der Waals surface area contributed by atoms with E-state index < -0.39 is 0 Å². The summed E-state index contributed by atoms with van der Waals surface area (Å²) >= 11 is 0. The molecule has 1 fully saturated rings. The predicted octanol–water partition coefficient (Wildman–Crippen LogP) is 3.51. The van der Waals surface area contributed by atoms with E-state index in [0.717, 1.165) is 30.5 Å². The number of pyridine rings is 1. The van der Waals surface area contributed by atoms with Crippen molar-refractivity contribution in [3.05, 3.63) is 23.4 Å². The molecular formula is C17H29N3. The van der Waals surface area contributed by atoms with Crippen molar-refractivity contribution in [2.75, 3.05) is 11.4 Å². The van der Waals surface area contributed by atoms with E-state index in [9.17, 15) is 0 Å². The van der Waals surface area contributed by atoms with E-state index in [1.165, 1.54) is 18.4 Å². The Morgan fingerprint density at radius 1 is 1.35 bits per heavy atom. The van der Waals surface area contributed by atoms with Gasteiger partial charge in [0.15, 0.2) is 0 Å². The Kier molecular flexibility index (Phi) is 5.03. The standard InChI is InChI=1S/C17H29N3/c1-12(2)18-11-16-9-14(4)19-17(10-16)20-8-6-7-13(3)15(20)5/h9-10,12-13,15,18H,6-8,11H2,1-5H3. The van der Waals surface area contributed by atoms with Crippen LogP contribution in [0, 0.1) is 12.8 Å². The van der Waals surface area contributed by atoms with Gasteiger partial charge in [0.05, 0.1) is 0 Å². The summed E-state index contributed by atoms with van der Waals surface area (Å²) in [7, 11) is 0. The van der Waals surface area contributed by atoms with Gasteiger partial charge < -0.3 is 10.2 Å². The molecule has 0 spiro atoms. The molecule has 0 radical (unpaired) electrons. The minimum absolute atomic E-state index is 0.515. The smallest absolute Gasteiger partial charge is 0.129 e. The van der Waals surface area contributed by atoms with Gasteiger partial charge in [0.25, 0.3) is 0 Å². The monoisotopic (exact) mass is 275 g/mol. The molecule has 1 saturated heterocycles. The Hall–Kier alpha value is -1.09. The molecule has 0 amide bonds. The highest BCUT2D eigenvalue weighted by atomic mass is 15.2. The van der Waals surface area contributed by atoms with Crippen molar-refractivity contribution in [3.63, 3.8) is 0 Å². The maximum Gasteiger partial charge on any atom is 0.129 e. The van der Waals surface area contributed by atoms with Crippen LogP contribution in [-0.4, -0.2) is 23.6 Å². The highest BCUT2D eigenvalue weighted by Gasteiger charge is 2.25. The molecule has 1 aromatic rings. The Labute approximate surface area is 123 Å². The topological polar surface area (TPSA) is 28.2 Å². The second kappa shape index (κ2) is 6.57. The fourth-order valence-electron chi connectivity index (χ4n) is 2.95. The van der Waals surface area contributed by atoms with Crippen molar-refractivity contribution in [2.24, 2.45) is 5.92 Å². The molecule has 1 N–H and O–H groups in total. The van der Waals surface area contributed by atoms with Gasteiger partial charge in [0.2, 0.25) is 0 Å². The largest absolute Gasteiger partial charge is 0.354 e. The summed E-state index contributed by atoms with van der Waals surface area (Å²) in [5.74, 6) is 1.91. The van der Waals surface area contributed by atoms with E-state index in [1.807, 2.05) is 0 Å². The number of nitrogens with one attached hydrogen (secondary N) is 1. The summed E-state index contributed by atoms with van der Waals surface area (Å²) in [6.07, 6.45) is 2.62. The third-order valence-corrected chi connectivity index (χ3v) is 4.38. The fraction of sp³-hybridized carbons (Fsp3) is 0.706. The van der Waals surface area contributed by atoms with Crippen LogP contribution in [0.4, 0.5) is 5.82 Å². The first-order chi connectivity index (χ1) is 9.47. The highest BCUT2D eigenvalue weighted by Crippen LogP contribution is 2.28. The van der Waals surface area contributed by atoms with Gasteiger partial charge in [0.1, 0.15) is 5.82 Å². The first-order valence-electron chi connectivity index (χ1n) is 7.95. The first-order valence-corrected chi connectivity index (χ1v) is 7.95. The second-order valence-corrected chi connectivity index (χ2v) is 6.56. The van der Waals surface area contributed by atoms with Crippen LogP contribution in [0.25, 0.3) is 0 Å². The maximum atomic E-state index is 4.77. The third kappa shape index (κ3) is 3.72. The minimum Gasteiger partial charge on any atom is -0.354 e.